The van der Waals surface area contributed by atoms with E-state index in [0.717, 1.165) is 18.8 Å². The summed E-state index contributed by atoms with van der Waals surface area (Å²) >= 11 is 0. The minimum atomic E-state index is -0.342. The van der Waals surface area contributed by atoms with Crippen molar-refractivity contribution in [2.75, 3.05) is 13.7 Å². The van der Waals surface area contributed by atoms with Crippen LogP contribution in [0.5, 0.6) is 0 Å². The van der Waals surface area contributed by atoms with E-state index in [1.807, 2.05) is 7.05 Å². The van der Waals surface area contributed by atoms with Crippen LogP contribution in [0, 0.1) is 0 Å². The summed E-state index contributed by atoms with van der Waals surface area (Å²) in [6.45, 7) is 3.52. The Hall–Kier alpha value is -1.37. The largest absolute Gasteiger partial charge is 0.467 e. The second-order valence-electron chi connectivity index (χ2n) is 4.62. The molecule has 1 fully saturated rings. The van der Waals surface area contributed by atoms with Gasteiger partial charge in [-0.2, -0.15) is 0 Å². The van der Waals surface area contributed by atoms with Gasteiger partial charge in [0.05, 0.1) is 18.2 Å². The number of furan rings is 1. The quantitative estimate of drug-likeness (QED) is 0.464. The molecule has 1 aromatic heterocycles. The van der Waals surface area contributed by atoms with Gasteiger partial charge in [0.15, 0.2) is 0 Å². The number of nitrogen functional groups attached to an aromatic ring is 1. The van der Waals surface area contributed by atoms with Crippen LogP contribution in [-0.2, 0) is 11.3 Å². The Morgan fingerprint density at radius 2 is 2.44 bits per heavy atom. The van der Waals surface area contributed by atoms with Crippen LogP contribution in [-0.4, -0.2) is 36.6 Å². The smallest absolute Gasteiger partial charge is 0.268 e. The predicted octanol–water partition coefficient (Wildman–Crippen LogP) is 0.492. The molecule has 1 amide bonds. The van der Waals surface area contributed by atoms with E-state index < -0.39 is 0 Å². The highest BCUT2D eigenvalue weighted by atomic mass is 16.5. The number of nitrogens with zero attached hydrogens (tertiary/aromatic N) is 1. The second-order valence-corrected chi connectivity index (χ2v) is 4.62. The molecule has 0 bridgehead atoms. The molecule has 2 unspecified atom stereocenters. The first-order valence-corrected chi connectivity index (χ1v) is 6.02. The summed E-state index contributed by atoms with van der Waals surface area (Å²) < 4.78 is 10.9. The molecule has 1 aromatic rings. The van der Waals surface area contributed by atoms with Crippen LogP contribution in [0.2, 0.25) is 0 Å². The summed E-state index contributed by atoms with van der Waals surface area (Å²) in [5.41, 5.74) is 2.52. The van der Waals surface area contributed by atoms with Crippen molar-refractivity contribution >= 4 is 5.91 Å². The Labute approximate surface area is 106 Å². The van der Waals surface area contributed by atoms with Gasteiger partial charge in [0, 0.05) is 12.6 Å². The van der Waals surface area contributed by atoms with Crippen LogP contribution in [0.3, 0.4) is 0 Å². The lowest BCUT2D eigenvalue weighted by Gasteiger charge is -2.25. The van der Waals surface area contributed by atoms with E-state index in [1.54, 1.807) is 6.07 Å². The number of rotatable bonds is 4. The number of nitrogens with two attached hydrogens (primary N) is 1. The third-order valence-corrected chi connectivity index (χ3v) is 3.35. The summed E-state index contributed by atoms with van der Waals surface area (Å²) in [4.78, 5) is 13.5. The molecule has 1 saturated heterocycles. The summed E-state index contributed by atoms with van der Waals surface area (Å²) in [7, 11) is 2.03. The molecule has 1 aliphatic rings. The Morgan fingerprint density at radius 3 is 3.06 bits per heavy atom. The van der Waals surface area contributed by atoms with Gasteiger partial charge >= 0.3 is 0 Å². The van der Waals surface area contributed by atoms with Crippen LogP contribution >= 0.6 is 0 Å². The van der Waals surface area contributed by atoms with Crippen LogP contribution in [0.25, 0.3) is 0 Å². The number of amides is 1. The number of ether oxygens (including phenoxy) is 1. The van der Waals surface area contributed by atoms with Gasteiger partial charge in [-0.15, -0.1) is 0 Å². The third-order valence-electron chi connectivity index (χ3n) is 3.35. The molecular formula is C12H19N3O3. The van der Waals surface area contributed by atoms with Crippen molar-refractivity contribution in [2.45, 2.75) is 32.0 Å². The minimum Gasteiger partial charge on any atom is -0.467 e. The van der Waals surface area contributed by atoms with Gasteiger partial charge in [-0.05, 0) is 26.5 Å². The Kier molecular flexibility index (Phi) is 4.00. The molecule has 0 aromatic carbocycles. The van der Waals surface area contributed by atoms with Crippen molar-refractivity contribution in [3.63, 3.8) is 0 Å². The van der Waals surface area contributed by atoms with E-state index in [1.165, 1.54) is 6.26 Å². The van der Waals surface area contributed by atoms with Crippen LogP contribution < -0.4 is 11.3 Å². The number of hydrazine groups is 1. The average molecular weight is 253 g/mol. The molecule has 2 heterocycles. The zero-order valence-electron chi connectivity index (χ0n) is 10.7. The molecule has 0 spiro atoms. The molecule has 0 saturated carbocycles. The monoisotopic (exact) mass is 253 g/mol. The normalized spacial score (nSPS) is 23.6. The van der Waals surface area contributed by atoms with Gasteiger partial charge < -0.3 is 9.15 Å². The lowest BCUT2D eigenvalue weighted by atomic mass is 10.1. The van der Waals surface area contributed by atoms with E-state index >= 15 is 0 Å². The molecule has 18 heavy (non-hydrogen) atoms. The van der Waals surface area contributed by atoms with Gasteiger partial charge in [0.2, 0.25) is 0 Å². The molecule has 1 aliphatic heterocycles. The zero-order valence-corrected chi connectivity index (χ0v) is 10.7. The molecule has 0 radical (unpaired) electrons. The Morgan fingerprint density at radius 1 is 1.67 bits per heavy atom. The fourth-order valence-corrected chi connectivity index (χ4v) is 2.33. The average Bonchev–Trinajstić information content (AvgIpc) is 2.97. The van der Waals surface area contributed by atoms with Crippen LogP contribution in [0.1, 0.15) is 29.5 Å². The number of hydrogen-bond donors (Lipinski definition) is 2. The van der Waals surface area contributed by atoms with Crippen molar-refractivity contribution in [2.24, 2.45) is 5.84 Å². The first kappa shape index (κ1) is 13.1. The predicted molar refractivity (Wildman–Crippen MR) is 65.6 cm³/mol. The fraction of sp³-hybridized carbons (Fsp3) is 0.583. The summed E-state index contributed by atoms with van der Waals surface area (Å²) in [5, 5.41) is 0. The molecule has 2 rings (SSSR count). The first-order valence-electron chi connectivity index (χ1n) is 6.02. The minimum absolute atomic E-state index is 0.233. The summed E-state index contributed by atoms with van der Waals surface area (Å²) in [5.74, 6) is 5.47. The van der Waals surface area contributed by atoms with E-state index in [9.17, 15) is 4.79 Å². The highest BCUT2D eigenvalue weighted by Gasteiger charge is 2.28. The third kappa shape index (κ3) is 2.72. The SMILES string of the molecule is CC1OCCC1N(C)Cc1cc(C(=O)NN)co1. The summed E-state index contributed by atoms with van der Waals surface area (Å²) in [6.07, 6.45) is 2.67. The Bertz CT molecular complexity index is 418. The van der Waals surface area contributed by atoms with Crippen molar-refractivity contribution in [3.8, 4) is 0 Å². The molecule has 3 N–H and O–H groups in total. The summed E-state index contributed by atoms with van der Waals surface area (Å²) in [6, 6.07) is 2.10. The van der Waals surface area contributed by atoms with Gasteiger partial charge in [-0.3, -0.25) is 15.1 Å². The zero-order chi connectivity index (χ0) is 13.1. The van der Waals surface area contributed by atoms with Gasteiger partial charge in [-0.1, -0.05) is 0 Å². The van der Waals surface area contributed by atoms with Gasteiger partial charge in [0.25, 0.3) is 5.91 Å². The second kappa shape index (κ2) is 5.51. The standard InChI is InChI=1S/C12H19N3O3/c1-8-11(3-4-17-8)15(2)6-10-5-9(7-18-10)12(16)14-13/h5,7-8,11H,3-4,6,13H2,1-2H3,(H,14,16). The topological polar surface area (TPSA) is 80.7 Å². The maximum Gasteiger partial charge on any atom is 0.268 e. The number of likely N-dealkylation sites (N-methyl/N-ethyl adjacent to an activating group) is 1. The number of hydrogen-bond acceptors (Lipinski definition) is 5. The maximum atomic E-state index is 11.3. The molecule has 2 atom stereocenters. The number of carbonyl (C=O) groups is 1. The number of nitrogens with one attached hydrogen (secondary N) is 1. The van der Waals surface area contributed by atoms with E-state index in [0.29, 0.717) is 18.2 Å². The van der Waals surface area contributed by atoms with E-state index in [2.05, 4.69) is 17.2 Å². The van der Waals surface area contributed by atoms with Crippen molar-refractivity contribution in [1.82, 2.24) is 10.3 Å². The first-order chi connectivity index (χ1) is 8.61. The number of carbonyl (C=O) groups excluding carboxylic acids is 1. The van der Waals surface area contributed by atoms with E-state index in [4.69, 9.17) is 15.0 Å². The van der Waals surface area contributed by atoms with E-state index in [-0.39, 0.29) is 12.0 Å². The molecule has 6 nitrogen and oxygen atoms in total. The molecule has 100 valence electrons. The Balaban J connectivity index is 1.96. The van der Waals surface area contributed by atoms with Crippen LogP contribution in [0.15, 0.2) is 16.7 Å². The van der Waals surface area contributed by atoms with Crippen molar-refractivity contribution in [1.29, 1.82) is 0 Å². The van der Waals surface area contributed by atoms with Crippen molar-refractivity contribution < 1.29 is 13.9 Å². The molecule has 6 heteroatoms. The van der Waals surface area contributed by atoms with Gasteiger partial charge in [-0.25, -0.2) is 5.84 Å². The lowest BCUT2D eigenvalue weighted by molar-refractivity contribution is 0.0791. The highest BCUT2D eigenvalue weighted by Crippen LogP contribution is 2.20. The highest BCUT2D eigenvalue weighted by molar-refractivity contribution is 5.93. The van der Waals surface area contributed by atoms with Crippen LogP contribution in [0.4, 0.5) is 0 Å². The molecular weight excluding hydrogens is 234 g/mol. The molecule has 0 aliphatic carbocycles. The fourth-order valence-electron chi connectivity index (χ4n) is 2.33. The van der Waals surface area contributed by atoms with Gasteiger partial charge in [0.1, 0.15) is 12.0 Å². The van der Waals surface area contributed by atoms with Crippen molar-refractivity contribution in [3.05, 3.63) is 23.7 Å². The lowest BCUT2D eigenvalue weighted by Crippen LogP contribution is -2.36. The maximum absolute atomic E-state index is 11.3.